The summed E-state index contributed by atoms with van der Waals surface area (Å²) in [6, 6.07) is 2.14. The van der Waals surface area contributed by atoms with Crippen molar-refractivity contribution < 1.29 is 4.79 Å². The predicted octanol–water partition coefficient (Wildman–Crippen LogP) is 2.06. The van der Waals surface area contributed by atoms with Gasteiger partial charge in [-0.05, 0) is 18.9 Å². The van der Waals surface area contributed by atoms with E-state index in [1.165, 1.54) is 37.4 Å². The Labute approximate surface area is 127 Å². The molecule has 1 aliphatic rings. The highest BCUT2D eigenvalue weighted by Gasteiger charge is 2.15. The Morgan fingerprint density at radius 1 is 1.33 bits per heavy atom. The number of amides is 1. The lowest BCUT2D eigenvalue weighted by molar-refractivity contribution is -0.119. The Balaban J connectivity index is 1.50. The number of carbonyl (C=O) groups excluding carboxylic acids is 1. The average Bonchev–Trinajstić information content (AvgIpc) is 2.74. The number of fused-ring (bicyclic) bond motifs is 1. The second kappa shape index (κ2) is 6.89. The second-order valence-corrected chi connectivity index (χ2v) is 6.25. The Hall–Kier alpha value is -1.63. The first-order valence-electron chi connectivity index (χ1n) is 7.41. The summed E-state index contributed by atoms with van der Waals surface area (Å²) in [4.78, 5) is 20.4. The van der Waals surface area contributed by atoms with E-state index in [0.717, 1.165) is 12.8 Å². The summed E-state index contributed by atoms with van der Waals surface area (Å²) in [5.74, 6) is 0.982. The van der Waals surface area contributed by atoms with Crippen molar-refractivity contribution in [3.8, 4) is 0 Å². The van der Waals surface area contributed by atoms with Gasteiger partial charge in [0.25, 0.3) is 5.78 Å². The van der Waals surface area contributed by atoms with Crippen LogP contribution in [0.3, 0.4) is 0 Å². The van der Waals surface area contributed by atoms with Gasteiger partial charge in [0.2, 0.25) is 11.1 Å². The summed E-state index contributed by atoms with van der Waals surface area (Å²) in [5.41, 5.74) is 0. The van der Waals surface area contributed by atoms with Crippen molar-refractivity contribution in [3.05, 3.63) is 18.5 Å². The predicted molar refractivity (Wildman–Crippen MR) is 81.1 cm³/mol. The van der Waals surface area contributed by atoms with Crippen LogP contribution in [0.15, 0.2) is 23.6 Å². The van der Waals surface area contributed by atoms with Crippen LogP contribution < -0.4 is 5.32 Å². The zero-order valence-electron chi connectivity index (χ0n) is 11.9. The molecular formula is C14H19N5OS. The average molecular weight is 305 g/mol. The van der Waals surface area contributed by atoms with E-state index in [4.69, 9.17) is 0 Å². The fraction of sp³-hybridized carbons (Fsp3) is 0.571. The minimum absolute atomic E-state index is 0.0683. The van der Waals surface area contributed by atoms with Crippen LogP contribution >= 0.6 is 11.8 Å². The largest absolute Gasteiger partial charge is 0.353 e. The van der Waals surface area contributed by atoms with Crippen LogP contribution in [0.2, 0.25) is 0 Å². The Kier molecular flexibility index (Phi) is 4.69. The summed E-state index contributed by atoms with van der Waals surface area (Å²) >= 11 is 1.35. The van der Waals surface area contributed by atoms with Crippen molar-refractivity contribution in [2.75, 3.05) is 5.75 Å². The van der Waals surface area contributed by atoms with E-state index in [1.54, 1.807) is 23.0 Å². The van der Waals surface area contributed by atoms with Gasteiger partial charge in [-0.2, -0.15) is 4.98 Å². The molecule has 0 radical (unpaired) electrons. The maximum atomic E-state index is 12.0. The SMILES string of the molecule is O=C(CSc1nc2ncccn2n1)NC1CCCCCC1. The molecule has 6 nitrogen and oxygen atoms in total. The van der Waals surface area contributed by atoms with Crippen molar-refractivity contribution in [2.24, 2.45) is 0 Å². The van der Waals surface area contributed by atoms with E-state index in [2.05, 4.69) is 20.4 Å². The molecule has 7 heteroatoms. The maximum Gasteiger partial charge on any atom is 0.253 e. The van der Waals surface area contributed by atoms with Gasteiger partial charge in [-0.3, -0.25) is 4.79 Å². The highest BCUT2D eigenvalue weighted by molar-refractivity contribution is 7.99. The number of hydrogen-bond donors (Lipinski definition) is 1. The molecule has 0 atom stereocenters. The molecule has 3 rings (SSSR count). The van der Waals surface area contributed by atoms with E-state index in [0.29, 0.717) is 22.7 Å². The quantitative estimate of drug-likeness (QED) is 0.691. The van der Waals surface area contributed by atoms with Gasteiger partial charge in [0, 0.05) is 18.4 Å². The molecule has 1 amide bonds. The van der Waals surface area contributed by atoms with Gasteiger partial charge < -0.3 is 5.32 Å². The van der Waals surface area contributed by atoms with E-state index in [-0.39, 0.29) is 5.91 Å². The lowest BCUT2D eigenvalue weighted by atomic mass is 10.1. The van der Waals surface area contributed by atoms with Gasteiger partial charge in [-0.15, -0.1) is 5.10 Å². The van der Waals surface area contributed by atoms with Gasteiger partial charge in [0.1, 0.15) is 0 Å². The van der Waals surface area contributed by atoms with Crippen LogP contribution in [0.4, 0.5) is 0 Å². The third-order valence-electron chi connectivity index (χ3n) is 3.65. The zero-order chi connectivity index (χ0) is 14.5. The lowest BCUT2D eigenvalue weighted by Crippen LogP contribution is -2.35. The van der Waals surface area contributed by atoms with Gasteiger partial charge in [-0.25, -0.2) is 9.50 Å². The topological polar surface area (TPSA) is 72.2 Å². The molecule has 1 aliphatic carbocycles. The van der Waals surface area contributed by atoms with Crippen LogP contribution in [0.1, 0.15) is 38.5 Å². The molecular weight excluding hydrogens is 286 g/mol. The van der Waals surface area contributed by atoms with Crippen LogP contribution in [0.5, 0.6) is 0 Å². The van der Waals surface area contributed by atoms with E-state index >= 15 is 0 Å². The molecule has 1 saturated carbocycles. The molecule has 0 unspecified atom stereocenters. The summed E-state index contributed by atoms with van der Waals surface area (Å²) in [6.45, 7) is 0. The van der Waals surface area contributed by atoms with E-state index < -0.39 is 0 Å². The first kappa shape index (κ1) is 14.3. The molecule has 0 spiro atoms. The number of thioether (sulfide) groups is 1. The summed E-state index contributed by atoms with van der Waals surface area (Å²) in [7, 11) is 0. The maximum absolute atomic E-state index is 12.0. The molecule has 0 aromatic carbocycles. The zero-order valence-corrected chi connectivity index (χ0v) is 12.7. The minimum Gasteiger partial charge on any atom is -0.353 e. The minimum atomic E-state index is 0.0683. The first-order chi connectivity index (χ1) is 10.3. The molecule has 21 heavy (non-hydrogen) atoms. The summed E-state index contributed by atoms with van der Waals surface area (Å²) < 4.78 is 1.62. The first-order valence-corrected chi connectivity index (χ1v) is 8.39. The van der Waals surface area contributed by atoms with Crippen LogP contribution in [-0.4, -0.2) is 37.3 Å². The molecule has 0 saturated heterocycles. The molecule has 1 fully saturated rings. The Morgan fingerprint density at radius 3 is 2.90 bits per heavy atom. The van der Waals surface area contributed by atoms with Crippen molar-refractivity contribution in [1.29, 1.82) is 0 Å². The molecule has 0 aliphatic heterocycles. The van der Waals surface area contributed by atoms with Crippen molar-refractivity contribution in [3.63, 3.8) is 0 Å². The monoisotopic (exact) mass is 305 g/mol. The number of hydrogen-bond acceptors (Lipinski definition) is 5. The number of aromatic nitrogens is 4. The van der Waals surface area contributed by atoms with Crippen molar-refractivity contribution >= 4 is 23.4 Å². The van der Waals surface area contributed by atoms with Crippen molar-refractivity contribution in [1.82, 2.24) is 24.9 Å². The molecule has 2 heterocycles. The Bertz CT molecular complexity index is 573. The van der Waals surface area contributed by atoms with Gasteiger partial charge in [0.05, 0.1) is 5.75 Å². The summed E-state index contributed by atoms with van der Waals surface area (Å²) in [6.07, 6.45) is 10.7. The third-order valence-corrected chi connectivity index (χ3v) is 4.49. The lowest BCUT2D eigenvalue weighted by Gasteiger charge is -2.15. The molecule has 2 aromatic rings. The van der Waals surface area contributed by atoms with E-state index in [1.807, 2.05) is 0 Å². The van der Waals surface area contributed by atoms with Crippen LogP contribution in [-0.2, 0) is 4.79 Å². The van der Waals surface area contributed by atoms with Gasteiger partial charge in [0.15, 0.2) is 0 Å². The fourth-order valence-electron chi connectivity index (χ4n) is 2.60. The molecule has 112 valence electrons. The molecule has 1 N–H and O–H groups in total. The number of nitrogens with one attached hydrogen (secondary N) is 1. The van der Waals surface area contributed by atoms with E-state index in [9.17, 15) is 4.79 Å². The van der Waals surface area contributed by atoms with Gasteiger partial charge >= 0.3 is 0 Å². The molecule has 2 aromatic heterocycles. The normalized spacial score (nSPS) is 16.8. The number of rotatable bonds is 4. The highest BCUT2D eigenvalue weighted by Crippen LogP contribution is 2.18. The smallest absolute Gasteiger partial charge is 0.253 e. The number of nitrogens with zero attached hydrogens (tertiary/aromatic N) is 4. The van der Waals surface area contributed by atoms with Gasteiger partial charge in [-0.1, -0.05) is 37.4 Å². The second-order valence-electron chi connectivity index (χ2n) is 5.30. The molecule has 0 bridgehead atoms. The van der Waals surface area contributed by atoms with Crippen molar-refractivity contribution in [2.45, 2.75) is 49.7 Å². The van der Waals surface area contributed by atoms with Crippen LogP contribution in [0.25, 0.3) is 5.78 Å². The van der Waals surface area contributed by atoms with Crippen LogP contribution in [0, 0.1) is 0 Å². The fourth-order valence-corrected chi connectivity index (χ4v) is 3.23. The standard InChI is InChI=1S/C14H19N5OS/c20-12(16-11-6-3-1-2-4-7-11)10-21-14-17-13-15-8-5-9-19(13)18-14/h5,8-9,11H,1-4,6-7,10H2,(H,16,20). The third kappa shape index (κ3) is 3.93. The number of carbonyl (C=O) groups is 1. The summed E-state index contributed by atoms with van der Waals surface area (Å²) in [5, 5.41) is 7.99. The Morgan fingerprint density at radius 2 is 2.14 bits per heavy atom. The highest BCUT2D eigenvalue weighted by atomic mass is 32.2.